The van der Waals surface area contributed by atoms with Crippen LogP contribution in [0.5, 0.6) is 5.75 Å². The molecule has 1 heterocycles. The van der Waals surface area contributed by atoms with Crippen molar-refractivity contribution in [2.45, 2.75) is 44.6 Å². The van der Waals surface area contributed by atoms with E-state index in [0.29, 0.717) is 18.5 Å². The molecule has 1 amide bonds. The summed E-state index contributed by atoms with van der Waals surface area (Å²) in [5.74, 6) is -1.28. The standard InChI is InChI=1S/C23H28N2O7S/c1-23(2,3)32-22(28)25-12-11-18(14-25)31-20-10-9-17(21(26)27)13-19(20)24-33(29,30)15-16-7-5-4-6-8-16/h4-10,13,18,24H,11-12,14-15H2,1-3H3,(H,26,27)/t18-/m1/s1. The van der Waals surface area contributed by atoms with Crippen LogP contribution in [0.25, 0.3) is 0 Å². The highest BCUT2D eigenvalue weighted by molar-refractivity contribution is 7.91. The van der Waals surface area contributed by atoms with Gasteiger partial charge < -0.3 is 19.5 Å². The first-order chi connectivity index (χ1) is 15.4. The van der Waals surface area contributed by atoms with Crippen LogP contribution in [0.15, 0.2) is 48.5 Å². The summed E-state index contributed by atoms with van der Waals surface area (Å²) in [6.45, 7) is 6.06. The van der Waals surface area contributed by atoms with Crippen molar-refractivity contribution in [3.05, 3.63) is 59.7 Å². The monoisotopic (exact) mass is 476 g/mol. The van der Waals surface area contributed by atoms with Crippen molar-refractivity contribution in [2.24, 2.45) is 0 Å². The number of rotatable bonds is 7. The van der Waals surface area contributed by atoms with Gasteiger partial charge in [0, 0.05) is 13.0 Å². The molecular weight excluding hydrogens is 448 g/mol. The smallest absolute Gasteiger partial charge is 0.410 e. The summed E-state index contributed by atoms with van der Waals surface area (Å²) in [7, 11) is -3.84. The van der Waals surface area contributed by atoms with Crippen LogP contribution in [0.1, 0.15) is 43.1 Å². The normalized spacial score (nSPS) is 16.3. The third kappa shape index (κ3) is 7.11. The first kappa shape index (κ1) is 24.4. The zero-order valence-electron chi connectivity index (χ0n) is 18.8. The van der Waals surface area contributed by atoms with E-state index in [0.717, 1.165) is 0 Å². The molecule has 1 aliphatic rings. The molecule has 0 unspecified atom stereocenters. The van der Waals surface area contributed by atoms with Crippen molar-refractivity contribution in [1.82, 2.24) is 4.90 Å². The lowest BCUT2D eigenvalue weighted by atomic mass is 10.2. The summed E-state index contributed by atoms with van der Waals surface area (Å²) in [5, 5.41) is 9.33. The molecule has 0 aromatic heterocycles. The molecule has 10 heteroatoms. The highest BCUT2D eigenvalue weighted by Gasteiger charge is 2.31. The Bertz CT molecular complexity index is 1110. The van der Waals surface area contributed by atoms with E-state index < -0.39 is 33.8 Å². The Labute approximate surface area is 193 Å². The Morgan fingerprint density at radius 2 is 1.85 bits per heavy atom. The van der Waals surface area contributed by atoms with Crippen molar-refractivity contribution in [3.8, 4) is 5.75 Å². The number of hydrogen-bond acceptors (Lipinski definition) is 6. The fourth-order valence-electron chi connectivity index (χ4n) is 3.34. The fraction of sp³-hybridized carbons (Fsp3) is 0.391. The maximum Gasteiger partial charge on any atom is 0.410 e. The van der Waals surface area contributed by atoms with Crippen molar-refractivity contribution in [1.29, 1.82) is 0 Å². The number of ether oxygens (including phenoxy) is 2. The molecule has 2 aromatic carbocycles. The van der Waals surface area contributed by atoms with Crippen molar-refractivity contribution >= 4 is 27.8 Å². The van der Waals surface area contributed by atoms with E-state index in [4.69, 9.17) is 9.47 Å². The number of sulfonamides is 1. The summed E-state index contributed by atoms with van der Waals surface area (Å²) >= 11 is 0. The second-order valence-corrected chi connectivity index (χ2v) is 10.5. The predicted octanol–water partition coefficient (Wildman–Crippen LogP) is 3.71. The van der Waals surface area contributed by atoms with Gasteiger partial charge >= 0.3 is 12.1 Å². The third-order valence-electron chi connectivity index (χ3n) is 4.78. The number of likely N-dealkylation sites (tertiary alicyclic amines) is 1. The largest absolute Gasteiger partial charge is 0.486 e. The molecule has 1 fully saturated rings. The molecule has 1 saturated heterocycles. The Kier molecular flexibility index (Phi) is 7.16. The van der Waals surface area contributed by atoms with Gasteiger partial charge in [-0.1, -0.05) is 30.3 Å². The van der Waals surface area contributed by atoms with E-state index in [1.165, 1.54) is 23.1 Å². The third-order valence-corrected chi connectivity index (χ3v) is 6.03. The number of carboxylic acids is 1. The van der Waals surface area contributed by atoms with E-state index in [2.05, 4.69) is 4.72 Å². The number of nitrogens with one attached hydrogen (secondary N) is 1. The Morgan fingerprint density at radius 3 is 2.48 bits per heavy atom. The molecule has 0 radical (unpaired) electrons. The number of carboxylic acid groups (broad SMARTS) is 1. The van der Waals surface area contributed by atoms with E-state index in [-0.39, 0.29) is 29.3 Å². The number of carbonyl (C=O) groups excluding carboxylic acids is 1. The maximum absolute atomic E-state index is 12.7. The Balaban J connectivity index is 1.76. The number of benzene rings is 2. The molecule has 2 N–H and O–H groups in total. The van der Waals surface area contributed by atoms with Crippen molar-refractivity contribution in [3.63, 3.8) is 0 Å². The van der Waals surface area contributed by atoms with Crippen LogP contribution >= 0.6 is 0 Å². The van der Waals surface area contributed by atoms with Gasteiger partial charge in [-0.3, -0.25) is 4.72 Å². The Hall–Kier alpha value is -3.27. The first-order valence-corrected chi connectivity index (χ1v) is 12.1. The van der Waals surface area contributed by atoms with Crippen LogP contribution in [0, 0.1) is 0 Å². The van der Waals surface area contributed by atoms with Gasteiger partial charge in [-0.05, 0) is 44.5 Å². The van der Waals surface area contributed by atoms with E-state index in [1.54, 1.807) is 51.1 Å². The number of amides is 1. The summed E-state index contributed by atoms with van der Waals surface area (Å²) < 4.78 is 39.3. The summed E-state index contributed by atoms with van der Waals surface area (Å²) in [4.78, 5) is 25.2. The molecule has 178 valence electrons. The van der Waals surface area contributed by atoms with Crippen LogP contribution in [0.4, 0.5) is 10.5 Å². The van der Waals surface area contributed by atoms with Gasteiger partial charge in [0.25, 0.3) is 0 Å². The van der Waals surface area contributed by atoms with Gasteiger partial charge in [0.2, 0.25) is 10.0 Å². The lowest BCUT2D eigenvalue weighted by molar-refractivity contribution is 0.0275. The summed E-state index contributed by atoms with van der Waals surface area (Å²) in [5.41, 5.74) is -0.0823. The predicted molar refractivity (Wildman–Crippen MR) is 123 cm³/mol. The number of nitrogens with zero attached hydrogens (tertiary/aromatic N) is 1. The molecule has 3 rings (SSSR count). The topological polar surface area (TPSA) is 122 Å². The summed E-state index contributed by atoms with van der Waals surface area (Å²) in [6.07, 6.45) is -0.319. The van der Waals surface area contributed by atoms with Gasteiger partial charge in [-0.15, -0.1) is 0 Å². The van der Waals surface area contributed by atoms with E-state index in [9.17, 15) is 23.1 Å². The maximum atomic E-state index is 12.7. The Morgan fingerprint density at radius 1 is 1.15 bits per heavy atom. The van der Waals surface area contributed by atoms with Gasteiger partial charge in [-0.25, -0.2) is 18.0 Å². The number of hydrogen-bond donors (Lipinski definition) is 2. The van der Waals surface area contributed by atoms with Crippen LogP contribution < -0.4 is 9.46 Å². The molecular formula is C23H28N2O7S. The number of carbonyl (C=O) groups is 2. The molecule has 2 aromatic rings. The minimum Gasteiger partial charge on any atom is -0.486 e. The number of anilines is 1. The average molecular weight is 477 g/mol. The fourth-order valence-corrected chi connectivity index (χ4v) is 4.54. The highest BCUT2D eigenvalue weighted by atomic mass is 32.2. The highest BCUT2D eigenvalue weighted by Crippen LogP contribution is 2.30. The van der Waals surface area contributed by atoms with E-state index in [1.807, 2.05) is 0 Å². The molecule has 1 aliphatic heterocycles. The lowest BCUT2D eigenvalue weighted by Crippen LogP contribution is -2.36. The molecule has 33 heavy (non-hydrogen) atoms. The SMILES string of the molecule is CC(C)(C)OC(=O)N1CC[C@@H](Oc2ccc(C(=O)O)cc2NS(=O)(=O)Cc2ccccc2)C1. The molecule has 0 bridgehead atoms. The molecule has 0 spiro atoms. The van der Waals surface area contributed by atoms with Crippen LogP contribution in [0.2, 0.25) is 0 Å². The second kappa shape index (κ2) is 9.70. The quantitative estimate of drug-likeness (QED) is 0.624. The van der Waals surface area contributed by atoms with Crippen molar-refractivity contribution < 1.29 is 32.6 Å². The van der Waals surface area contributed by atoms with Gasteiger partial charge in [0.15, 0.2) is 0 Å². The van der Waals surface area contributed by atoms with Gasteiger partial charge in [0.05, 0.1) is 23.5 Å². The molecule has 0 saturated carbocycles. The van der Waals surface area contributed by atoms with Crippen LogP contribution in [-0.4, -0.2) is 55.3 Å². The van der Waals surface area contributed by atoms with Crippen LogP contribution in [-0.2, 0) is 20.5 Å². The second-order valence-electron chi connectivity index (χ2n) is 8.82. The van der Waals surface area contributed by atoms with Crippen molar-refractivity contribution in [2.75, 3.05) is 17.8 Å². The number of aromatic carboxylic acids is 1. The first-order valence-electron chi connectivity index (χ1n) is 10.5. The molecule has 1 atom stereocenters. The minimum absolute atomic E-state index is 0.0292. The lowest BCUT2D eigenvalue weighted by Gasteiger charge is -2.24. The zero-order valence-corrected chi connectivity index (χ0v) is 19.6. The van der Waals surface area contributed by atoms with Crippen LogP contribution in [0.3, 0.4) is 0 Å². The van der Waals surface area contributed by atoms with E-state index >= 15 is 0 Å². The van der Waals surface area contributed by atoms with Gasteiger partial charge in [-0.2, -0.15) is 0 Å². The molecule has 9 nitrogen and oxygen atoms in total. The molecule has 0 aliphatic carbocycles. The average Bonchev–Trinajstić information content (AvgIpc) is 3.17. The summed E-state index contributed by atoms with van der Waals surface area (Å²) in [6, 6.07) is 12.6. The van der Waals surface area contributed by atoms with Gasteiger partial charge in [0.1, 0.15) is 17.5 Å². The minimum atomic E-state index is -3.84. The zero-order chi connectivity index (χ0) is 24.2.